The van der Waals surface area contributed by atoms with Gasteiger partial charge in [-0.2, -0.15) is 0 Å². The minimum absolute atomic E-state index is 0.464. The van der Waals surface area contributed by atoms with Crippen molar-refractivity contribution in [2.45, 2.75) is 13.1 Å². The van der Waals surface area contributed by atoms with E-state index in [-0.39, 0.29) is 0 Å². The number of rotatable bonds is 2. The molecule has 0 radical (unpaired) electrons. The van der Waals surface area contributed by atoms with E-state index in [1.165, 1.54) is 0 Å². The maximum Gasteiger partial charge on any atom is 0.406 e. The predicted molar refractivity (Wildman–Crippen MR) is 28.3 cm³/mol. The zero-order valence-electron chi connectivity index (χ0n) is 5.00. The molecule has 0 N–H and O–H groups in total. The Balaban J connectivity index is 4.22. The first-order valence-corrected chi connectivity index (χ1v) is 2.22. The summed E-state index contributed by atoms with van der Waals surface area (Å²) in [5.74, 6) is 0. The van der Waals surface area contributed by atoms with Gasteiger partial charge >= 0.3 is 6.17 Å². The lowest BCUT2D eigenvalue weighted by molar-refractivity contribution is -0.774. The largest absolute Gasteiger partial charge is 0.739 e. The maximum absolute atomic E-state index is 10.1. The summed E-state index contributed by atoms with van der Waals surface area (Å²) in [5, 5.41) is 42.7. The Morgan fingerprint density at radius 2 is 1.40 bits per heavy atom. The predicted octanol–water partition coefficient (Wildman–Crippen LogP) is 0.253. The van der Waals surface area contributed by atoms with Crippen LogP contribution in [0.2, 0.25) is 0 Å². The molecule has 0 aromatic heterocycles. The van der Waals surface area contributed by atoms with Gasteiger partial charge in [0.15, 0.2) is 0 Å². The molecule has 0 unspecified atom stereocenters. The third-order valence-electron chi connectivity index (χ3n) is 0.800. The minimum atomic E-state index is -1.50. The van der Waals surface area contributed by atoms with Gasteiger partial charge in [-0.25, -0.2) is 0 Å². The van der Waals surface area contributed by atoms with E-state index in [1.807, 2.05) is 10.6 Å². The van der Waals surface area contributed by atoms with Crippen LogP contribution < -0.4 is 0 Å². The number of hydrogen-bond acceptors (Lipinski definition) is 6. The highest BCUT2D eigenvalue weighted by molar-refractivity contribution is 4.25. The van der Waals surface area contributed by atoms with Crippen LogP contribution >= 0.6 is 0 Å². The molecule has 0 amide bonds. The van der Waals surface area contributed by atoms with Crippen molar-refractivity contribution in [3.05, 3.63) is 20.8 Å². The van der Waals surface area contributed by atoms with E-state index in [4.69, 9.17) is 0 Å². The van der Waals surface area contributed by atoms with E-state index in [9.17, 15) is 20.8 Å². The molecule has 0 fully saturated rings. The van der Waals surface area contributed by atoms with Crippen LogP contribution in [0.1, 0.15) is 6.92 Å². The van der Waals surface area contributed by atoms with Gasteiger partial charge in [0.05, 0.1) is 6.92 Å². The molecule has 0 aromatic rings. The van der Waals surface area contributed by atoms with E-state index in [0.29, 0.717) is 0 Å². The van der Waals surface area contributed by atoms with Crippen molar-refractivity contribution < 1.29 is 9.72 Å². The fourth-order valence-corrected chi connectivity index (χ4v) is 0.221. The quantitative estimate of drug-likeness (QED) is 0.241. The summed E-state index contributed by atoms with van der Waals surface area (Å²) in [6.07, 6.45) is -1.50. The van der Waals surface area contributed by atoms with Gasteiger partial charge in [0.1, 0.15) is 0 Å². The molecule has 8 nitrogen and oxygen atoms in total. The van der Waals surface area contributed by atoms with Gasteiger partial charge in [-0.05, 0) is 20.3 Å². The summed E-state index contributed by atoms with van der Waals surface area (Å²) >= 11 is 0. The standard InChI is InChI=1S/C2H6N4O4/c1-2(5(9)3-7)6(10)4-8/h2,7-8H,1H3/p-2/b5-3-,6-4-. The third kappa shape index (κ3) is 1.73. The highest BCUT2D eigenvalue weighted by Gasteiger charge is 2.17. The molecule has 10 heavy (non-hydrogen) atoms. The van der Waals surface area contributed by atoms with Crippen LogP contribution in [0.3, 0.4) is 0 Å². The SMILES string of the molecule is CC(/[N+]([O-])=N/[O-])/[N+]([O-])=N/[O-]. The smallest absolute Gasteiger partial charge is 0.406 e. The fourth-order valence-electron chi connectivity index (χ4n) is 0.221. The Kier molecular flexibility index (Phi) is 2.88. The third-order valence-corrected chi connectivity index (χ3v) is 0.800. The van der Waals surface area contributed by atoms with Crippen LogP contribution in [-0.4, -0.2) is 15.9 Å². The molecular weight excluding hydrogens is 144 g/mol. The van der Waals surface area contributed by atoms with Crippen LogP contribution in [0.25, 0.3) is 0 Å². The summed E-state index contributed by atoms with van der Waals surface area (Å²) in [6, 6.07) is 0. The molecule has 0 heterocycles. The zero-order valence-corrected chi connectivity index (χ0v) is 5.00. The van der Waals surface area contributed by atoms with E-state index in [1.54, 1.807) is 0 Å². The number of nitrogens with zero attached hydrogens (tertiary/aromatic N) is 4. The van der Waals surface area contributed by atoms with Gasteiger partial charge in [0.2, 0.25) is 0 Å². The molecule has 0 aliphatic carbocycles. The van der Waals surface area contributed by atoms with Crippen LogP contribution in [0.15, 0.2) is 10.6 Å². The zero-order chi connectivity index (χ0) is 8.15. The van der Waals surface area contributed by atoms with Gasteiger partial charge in [0.25, 0.3) is 0 Å². The first-order chi connectivity index (χ1) is 4.63. The highest BCUT2D eigenvalue weighted by atomic mass is 16.6. The maximum atomic E-state index is 10.1. The lowest BCUT2D eigenvalue weighted by atomic mass is 10.6. The Hall–Kier alpha value is -1.60. The Morgan fingerprint density at radius 3 is 1.60 bits per heavy atom. The van der Waals surface area contributed by atoms with Crippen LogP contribution in [0.4, 0.5) is 0 Å². The minimum Gasteiger partial charge on any atom is -0.739 e. The summed E-state index contributed by atoms with van der Waals surface area (Å²) in [5.41, 5.74) is 0. The first kappa shape index (κ1) is 8.40. The second-order valence-corrected chi connectivity index (χ2v) is 1.40. The summed E-state index contributed by atoms with van der Waals surface area (Å²) in [6.45, 7) is 1.02. The van der Waals surface area contributed by atoms with Crippen molar-refractivity contribution in [1.82, 2.24) is 0 Å². The van der Waals surface area contributed by atoms with Crippen molar-refractivity contribution in [3.8, 4) is 0 Å². The van der Waals surface area contributed by atoms with Gasteiger partial charge in [-0.1, -0.05) is 0 Å². The molecular formula is C2H4N4O4-2. The summed E-state index contributed by atoms with van der Waals surface area (Å²) in [4.78, 5) is -0.928. The highest BCUT2D eigenvalue weighted by Crippen LogP contribution is 1.91. The van der Waals surface area contributed by atoms with Gasteiger partial charge in [0, 0.05) is 0 Å². The molecule has 8 heteroatoms. The molecule has 0 atom stereocenters. The topological polar surface area (TPSA) is 123 Å². The van der Waals surface area contributed by atoms with Crippen LogP contribution in [0, 0.1) is 20.8 Å². The van der Waals surface area contributed by atoms with E-state index in [0.717, 1.165) is 6.92 Å². The lowest BCUT2D eigenvalue weighted by Crippen LogP contribution is -2.25. The molecule has 0 saturated carbocycles. The molecule has 58 valence electrons. The average Bonchev–Trinajstić information content (AvgIpc) is 2.00. The molecule has 0 aliphatic rings. The molecule has 0 saturated heterocycles. The molecule has 0 spiro atoms. The average molecular weight is 148 g/mol. The summed E-state index contributed by atoms with van der Waals surface area (Å²) < 4.78 is 0. The number of hydroxylamine groups is 2. The van der Waals surface area contributed by atoms with E-state index in [2.05, 4.69) is 0 Å². The van der Waals surface area contributed by atoms with Gasteiger partial charge in [-0.3, -0.25) is 0 Å². The molecule has 0 bridgehead atoms. The van der Waals surface area contributed by atoms with Gasteiger partial charge < -0.3 is 20.8 Å². The molecule has 0 aliphatic heterocycles. The Bertz CT molecular complexity index is 147. The second-order valence-electron chi connectivity index (χ2n) is 1.40. The van der Waals surface area contributed by atoms with Crippen molar-refractivity contribution in [2.75, 3.05) is 0 Å². The molecule has 0 aromatic carbocycles. The fraction of sp³-hybridized carbons (Fsp3) is 1.00. The normalized spacial score (nSPS) is 14.2. The first-order valence-electron chi connectivity index (χ1n) is 2.22. The monoisotopic (exact) mass is 148 g/mol. The van der Waals surface area contributed by atoms with Gasteiger partial charge in [-0.15, -0.1) is 0 Å². The van der Waals surface area contributed by atoms with E-state index < -0.39 is 15.9 Å². The summed E-state index contributed by atoms with van der Waals surface area (Å²) in [7, 11) is 0. The lowest BCUT2D eigenvalue weighted by Gasteiger charge is -2.08. The van der Waals surface area contributed by atoms with Crippen molar-refractivity contribution in [1.29, 1.82) is 0 Å². The Labute approximate surface area is 55.4 Å². The van der Waals surface area contributed by atoms with Crippen molar-refractivity contribution in [3.63, 3.8) is 0 Å². The van der Waals surface area contributed by atoms with Crippen LogP contribution in [-0.2, 0) is 0 Å². The van der Waals surface area contributed by atoms with Crippen molar-refractivity contribution >= 4 is 0 Å². The van der Waals surface area contributed by atoms with Crippen molar-refractivity contribution in [2.24, 2.45) is 10.6 Å². The molecule has 0 rings (SSSR count). The Morgan fingerprint density at radius 1 is 1.10 bits per heavy atom. The van der Waals surface area contributed by atoms with Crippen LogP contribution in [0.5, 0.6) is 0 Å². The number of hydrogen-bond donors (Lipinski definition) is 0. The second kappa shape index (κ2) is 3.43. The van der Waals surface area contributed by atoms with E-state index >= 15 is 0 Å².